The Kier molecular flexibility index (Phi) is 5.23. The van der Waals surface area contributed by atoms with Crippen molar-refractivity contribution in [2.45, 2.75) is 20.3 Å². The van der Waals surface area contributed by atoms with Gasteiger partial charge in [-0.05, 0) is 25.0 Å². The summed E-state index contributed by atoms with van der Waals surface area (Å²) in [6, 6.07) is 2.70. The number of nitrogens with zero attached hydrogens (tertiary/aromatic N) is 2. The molecule has 0 atom stereocenters. The van der Waals surface area contributed by atoms with Gasteiger partial charge in [0, 0.05) is 12.6 Å². The number of amides is 1. The summed E-state index contributed by atoms with van der Waals surface area (Å²) in [6.45, 7) is 3.15. The molecule has 0 spiro atoms. The average molecular weight is 295 g/mol. The van der Waals surface area contributed by atoms with Crippen molar-refractivity contribution in [3.8, 4) is 0 Å². The van der Waals surface area contributed by atoms with Gasteiger partial charge in [-0.2, -0.15) is 0 Å². The molecular formula is C13H17N3O5. The molecule has 1 rings (SSSR count). The largest absolute Gasteiger partial charge is 0.480 e. The van der Waals surface area contributed by atoms with Crippen LogP contribution in [0.1, 0.15) is 29.3 Å². The first kappa shape index (κ1) is 16.4. The number of nitro groups is 1. The van der Waals surface area contributed by atoms with E-state index in [0.29, 0.717) is 12.0 Å². The second-order valence-electron chi connectivity index (χ2n) is 4.62. The predicted octanol–water partition coefficient (Wildman–Crippen LogP) is 1.42. The highest BCUT2D eigenvalue weighted by atomic mass is 16.6. The smallest absolute Gasteiger partial charge is 0.323 e. The minimum absolute atomic E-state index is 0.0450. The van der Waals surface area contributed by atoms with E-state index in [1.165, 1.54) is 12.1 Å². The van der Waals surface area contributed by atoms with Crippen molar-refractivity contribution in [2.75, 3.05) is 18.8 Å². The summed E-state index contributed by atoms with van der Waals surface area (Å²) in [5, 5.41) is 19.8. The van der Waals surface area contributed by atoms with Crippen LogP contribution in [-0.2, 0) is 4.79 Å². The topological polar surface area (TPSA) is 127 Å². The molecule has 1 amide bonds. The molecule has 114 valence electrons. The Balaban J connectivity index is 3.27. The minimum Gasteiger partial charge on any atom is -0.480 e. The molecule has 8 heteroatoms. The molecule has 0 aliphatic heterocycles. The van der Waals surface area contributed by atoms with E-state index < -0.39 is 23.3 Å². The number of aliphatic carboxylic acids is 1. The van der Waals surface area contributed by atoms with Crippen LogP contribution in [0.15, 0.2) is 12.1 Å². The van der Waals surface area contributed by atoms with Gasteiger partial charge in [0.15, 0.2) is 0 Å². The van der Waals surface area contributed by atoms with Crippen molar-refractivity contribution in [2.24, 2.45) is 0 Å². The number of nitrogen functional groups attached to an aromatic ring is 1. The lowest BCUT2D eigenvalue weighted by atomic mass is 10.1. The monoisotopic (exact) mass is 295 g/mol. The third kappa shape index (κ3) is 3.91. The predicted molar refractivity (Wildman–Crippen MR) is 76.1 cm³/mol. The van der Waals surface area contributed by atoms with Crippen LogP contribution in [0.2, 0.25) is 0 Å². The average Bonchev–Trinajstić information content (AvgIpc) is 2.39. The van der Waals surface area contributed by atoms with Crippen LogP contribution >= 0.6 is 0 Å². The lowest BCUT2D eigenvalue weighted by molar-refractivity contribution is -0.384. The Morgan fingerprint density at radius 1 is 1.43 bits per heavy atom. The molecule has 0 heterocycles. The minimum atomic E-state index is -1.16. The van der Waals surface area contributed by atoms with Gasteiger partial charge in [-0.1, -0.05) is 6.92 Å². The van der Waals surface area contributed by atoms with Gasteiger partial charge in [-0.25, -0.2) is 0 Å². The van der Waals surface area contributed by atoms with Gasteiger partial charge >= 0.3 is 5.97 Å². The first-order valence-electron chi connectivity index (χ1n) is 6.33. The van der Waals surface area contributed by atoms with Gasteiger partial charge in [-0.3, -0.25) is 19.7 Å². The van der Waals surface area contributed by atoms with Crippen molar-refractivity contribution < 1.29 is 19.6 Å². The summed E-state index contributed by atoms with van der Waals surface area (Å²) >= 11 is 0. The highest BCUT2D eigenvalue weighted by Gasteiger charge is 2.25. The SMILES string of the molecule is CCCN(CC(=O)O)C(=O)c1cc(C)cc([N+](=O)[O-])c1N. The van der Waals surface area contributed by atoms with Crippen molar-refractivity contribution in [3.63, 3.8) is 0 Å². The molecule has 0 fully saturated rings. The number of aryl methyl sites for hydroxylation is 1. The lowest BCUT2D eigenvalue weighted by Gasteiger charge is -2.21. The molecule has 0 saturated heterocycles. The van der Waals surface area contributed by atoms with E-state index in [0.717, 1.165) is 4.90 Å². The van der Waals surface area contributed by atoms with Gasteiger partial charge < -0.3 is 15.7 Å². The number of carbonyl (C=O) groups excluding carboxylic acids is 1. The molecule has 21 heavy (non-hydrogen) atoms. The summed E-state index contributed by atoms with van der Waals surface area (Å²) < 4.78 is 0. The van der Waals surface area contributed by atoms with Crippen molar-refractivity contribution >= 4 is 23.3 Å². The van der Waals surface area contributed by atoms with Crippen molar-refractivity contribution in [1.29, 1.82) is 0 Å². The van der Waals surface area contributed by atoms with Gasteiger partial charge in [0.25, 0.3) is 11.6 Å². The molecule has 0 aromatic heterocycles. The molecule has 0 unspecified atom stereocenters. The van der Waals surface area contributed by atoms with Crippen LogP contribution < -0.4 is 5.73 Å². The second-order valence-corrected chi connectivity index (χ2v) is 4.62. The maximum Gasteiger partial charge on any atom is 0.323 e. The van der Waals surface area contributed by atoms with Gasteiger partial charge in [-0.15, -0.1) is 0 Å². The van der Waals surface area contributed by atoms with Gasteiger partial charge in [0.1, 0.15) is 12.2 Å². The first-order chi connectivity index (χ1) is 9.77. The number of anilines is 1. The molecule has 0 aliphatic carbocycles. The number of hydrogen-bond donors (Lipinski definition) is 2. The van der Waals surface area contributed by atoms with E-state index in [1.807, 2.05) is 0 Å². The molecule has 0 bridgehead atoms. The number of benzene rings is 1. The Morgan fingerprint density at radius 3 is 2.52 bits per heavy atom. The maximum atomic E-state index is 12.4. The fourth-order valence-electron chi connectivity index (χ4n) is 1.96. The molecule has 3 N–H and O–H groups in total. The summed E-state index contributed by atoms with van der Waals surface area (Å²) in [5.74, 6) is -1.78. The summed E-state index contributed by atoms with van der Waals surface area (Å²) in [6.07, 6.45) is 0.562. The Bertz CT molecular complexity index is 585. The number of carbonyl (C=O) groups is 2. The molecule has 0 radical (unpaired) electrons. The quantitative estimate of drug-likeness (QED) is 0.464. The van der Waals surface area contributed by atoms with Crippen LogP contribution in [0.4, 0.5) is 11.4 Å². The maximum absolute atomic E-state index is 12.4. The van der Waals surface area contributed by atoms with Crippen molar-refractivity contribution in [1.82, 2.24) is 4.90 Å². The number of rotatable bonds is 6. The fraction of sp³-hybridized carbons (Fsp3) is 0.385. The first-order valence-corrected chi connectivity index (χ1v) is 6.33. The van der Waals surface area contributed by atoms with E-state index in [1.54, 1.807) is 13.8 Å². The fourth-order valence-corrected chi connectivity index (χ4v) is 1.96. The van der Waals surface area contributed by atoms with Crippen molar-refractivity contribution in [3.05, 3.63) is 33.4 Å². The van der Waals surface area contributed by atoms with E-state index in [4.69, 9.17) is 10.8 Å². The zero-order chi connectivity index (χ0) is 16.2. The van der Waals surface area contributed by atoms with Crippen LogP contribution in [0.3, 0.4) is 0 Å². The van der Waals surface area contributed by atoms with Gasteiger partial charge in [0.2, 0.25) is 0 Å². The standard InChI is InChI=1S/C13H17N3O5/c1-3-4-15(7-11(17)18)13(19)9-5-8(2)6-10(12(9)14)16(20)21/h5-6H,3-4,7,14H2,1-2H3,(H,17,18). The van der Waals surface area contributed by atoms with Crippen LogP contribution in [0.5, 0.6) is 0 Å². The third-order valence-corrected chi connectivity index (χ3v) is 2.84. The van der Waals surface area contributed by atoms with E-state index in [-0.39, 0.29) is 23.5 Å². The third-order valence-electron chi connectivity index (χ3n) is 2.84. The van der Waals surface area contributed by atoms with E-state index in [2.05, 4.69) is 0 Å². The number of nitro benzene ring substituents is 1. The summed E-state index contributed by atoms with van der Waals surface area (Å²) in [4.78, 5) is 34.6. The van der Waals surface area contributed by atoms with Gasteiger partial charge in [0.05, 0.1) is 10.5 Å². The molecule has 0 aliphatic rings. The normalized spacial score (nSPS) is 10.2. The van der Waals surface area contributed by atoms with Crippen LogP contribution in [-0.4, -0.2) is 39.9 Å². The second kappa shape index (κ2) is 6.69. The van der Waals surface area contributed by atoms with Crippen LogP contribution in [0.25, 0.3) is 0 Å². The number of hydrogen-bond acceptors (Lipinski definition) is 5. The number of carboxylic acid groups (broad SMARTS) is 1. The van der Waals surface area contributed by atoms with E-state index >= 15 is 0 Å². The Morgan fingerprint density at radius 2 is 2.05 bits per heavy atom. The number of carboxylic acids is 1. The highest BCUT2D eigenvalue weighted by Crippen LogP contribution is 2.28. The number of nitrogens with two attached hydrogens (primary N) is 1. The van der Waals surface area contributed by atoms with E-state index in [9.17, 15) is 19.7 Å². The Hall–Kier alpha value is -2.64. The molecule has 0 saturated carbocycles. The zero-order valence-electron chi connectivity index (χ0n) is 11.8. The molecular weight excluding hydrogens is 278 g/mol. The molecule has 1 aromatic rings. The Labute approximate surface area is 121 Å². The summed E-state index contributed by atoms with van der Waals surface area (Å²) in [7, 11) is 0. The lowest BCUT2D eigenvalue weighted by Crippen LogP contribution is -2.36. The highest BCUT2D eigenvalue weighted by molar-refractivity contribution is 6.02. The molecule has 8 nitrogen and oxygen atoms in total. The van der Waals surface area contributed by atoms with Crippen LogP contribution in [0, 0.1) is 17.0 Å². The zero-order valence-corrected chi connectivity index (χ0v) is 11.8. The molecule has 1 aromatic carbocycles. The summed E-state index contributed by atoms with van der Waals surface area (Å²) in [5.41, 5.74) is 5.54.